The number of hydrogen-bond acceptors (Lipinski definition) is 5. The summed E-state index contributed by atoms with van der Waals surface area (Å²) in [6, 6.07) is 28.1. The van der Waals surface area contributed by atoms with Crippen molar-refractivity contribution in [1.29, 1.82) is 0 Å². The number of amides is 2. The molecule has 0 bridgehead atoms. The lowest BCUT2D eigenvalue weighted by Gasteiger charge is -2.35. The molecule has 0 heterocycles. The Morgan fingerprint density at radius 2 is 1.43 bits per heavy atom. The average Bonchev–Trinajstić information content (AvgIpc) is 3.11. The second-order valence-electron chi connectivity index (χ2n) is 12.1. The number of rotatable bonds is 14. The molecule has 1 saturated carbocycles. The van der Waals surface area contributed by atoms with Crippen LogP contribution in [0.1, 0.15) is 50.2 Å². The maximum absolute atomic E-state index is 14.8. The zero-order valence-corrected chi connectivity index (χ0v) is 29.8. The van der Waals surface area contributed by atoms with Crippen LogP contribution in [-0.2, 0) is 32.6 Å². The Labute approximate surface area is 299 Å². The Kier molecular flexibility index (Phi) is 12.6. The summed E-state index contributed by atoms with van der Waals surface area (Å²) in [4.78, 5) is 30.5. The van der Waals surface area contributed by atoms with Gasteiger partial charge in [0.1, 0.15) is 18.3 Å². The minimum Gasteiger partial charge on any atom is -0.492 e. The number of carbonyl (C=O) groups is 2. The number of nitrogens with one attached hydrogen (secondary N) is 1. The number of halogens is 2. The standard InChI is InChI=1S/C38H41Cl2N3O5S/c1-2-48-36-16-10-9-15-34(36)43(49(46,47)33-23-21-31(40)22-24-33)27-37(44)42(26-29-17-19-30(39)20-18-29)35(25-28-11-5-3-6-12-28)38(45)41-32-13-7-4-8-14-32/h3,5-6,9-12,15-24,32,35H,2,4,7-8,13-14,25-27H2,1H3,(H,41,45)/t35-/m0/s1. The normalized spacial score (nSPS) is 14.1. The minimum absolute atomic E-state index is 0.00635. The fourth-order valence-electron chi connectivity index (χ4n) is 6.07. The van der Waals surface area contributed by atoms with Gasteiger partial charge < -0.3 is 15.0 Å². The molecule has 0 saturated heterocycles. The highest BCUT2D eigenvalue weighted by Crippen LogP contribution is 2.33. The van der Waals surface area contributed by atoms with Crippen LogP contribution in [0.25, 0.3) is 0 Å². The van der Waals surface area contributed by atoms with Gasteiger partial charge in [0.05, 0.1) is 17.2 Å². The van der Waals surface area contributed by atoms with E-state index >= 15 is 0 Å². The lowest BCUT2D eigenvalue weighted by Crippen LogP contribution is -2.55. The van der Waals surface area contributed by atoms with Crippen molar-refractivity contribution in [2.45, 2.75) is 69.0 Å². The SMILES string of the molecule is CCOc1ccccc1N(CC(=O)N(Cc1ccc(Cl)cc1)[C@@H](Cc1ccccc1)C(=O)NC1CCCCC1)S(=O)(=O)c1ccc(Cl)cc1. The molecular formula is C38H41Cl2N3O5S. The summed E-state index contributed by atoms with van der Waals surface area (Å²) in [6.07, 6.45) is 5.16. The predicted molar refractivity (Wildman–Crippen MR) is 195 cm³/mol. The summed E-state index contributed by atoms with van der Waals surface area (Å²) in [6.45, 7) is 1.54. The molecule has 1 atom stereocenters. The van der Waals surface area contributed by atoms with E-state index in [4.69, 9.17) is 27.9 Å². The van der Waals surface area contributed by atoms with Crippen LogP contribution in [0.15, 0.2) is 108 Å². The number of sulfonamides is 1. The number of benzene rings is 4. The highest BCUT2D eigenvalue weighted by molar-refractivity contribution is 7.92. The van der Waals surface area contributed by atoms with E-state index in [0.717, 1.165) is 47.5 Å². The highest BCUT2D eigenvalue weighted by Gasteiger charge is 2.36. The van der Waals surface area contributed by atoms with Gasteiger partial charge in [-0.15, -0.1) is 0 Å². The summed E-state index contributed by atoms with van der Waals surface area (Å²) in [7, 11) is -4.32. The van der Waals surface area contributed by atoms with Gasteiger partial charge in [-0.1, -0.05) is 97.1 Å². The van der Waals surface area contributed by atoms with Crippen LogP contribution < -0.4 is 14.4 Å². The molecule has 0 radical (unpaired) electrons. The van der Waals surface area contributed by atoms with Crippen LogP contribution in [-0.4, -0.2) is 50.4 Å². The van der Waals surface area contributed by atoms with Crippen molar-refractivity contribution in [3.05, 3.63) is 124 Å². The first-order valence-corrected chi connectivity index (χ1v) is 18.7. The zero-order valence-electron chi connectivity index (χ0n) is 27.4. The maximum atomic E-state index is 14.8. The van der Waals surface area contributed by atoms with E-state index < -0.39 is 28.5 Å². The Bertz CT molecular complexity index is 1800. The molecule has 1 aliphatic carbocycles. The first-order valence-electron chi connectivity index (χ1n) is 16.5. The van der Waals surface area contributed by atoms with Crippen molar-refractivity contribution in [3.63, 3.8) is 0 Å². The van der Waals surface area contributed by atoms with Crippen molar-refractivity contribution in [2.24, 2.45) is 0 Å². The minimum atomic E-state index is -4.32. The van der Waals surface area contributed by atoms with Crippen LogP contribution in [0.3, 0.4) is 0 Å². The van der Waals surface area contributed by atoms with Gasteiger partial charge in [0.25, 0.3) is 10.0 Å². The Balaban J connectivity index is 1.59. The molecule has 2 amide bonds. The van der Waals surface area contributed by atoms with Gasteiger partial charge in [-0.2, -0.15) is 0 Å². The number of hydrogen-bond donors (Lipinski definition) is 1. The summed E-state index contributed by atoms with van der Waals surface area (Å²) in [5.74, 6) is -0.533. The highest BCUT2D eigenvalue weighted by atomic mass is 35.5. The number of nitrogens with zero attached hydrogens (tertiary/aromatic N) is 2. The van der Waals surface area contributed by atoms with Crippen molar-refractivity contribution < 1.29 is 22.7 Å². The number of para-hydroxylation sites is 2. The van der Waals surface area contributed by atoms with Crippen LogP contribution in [0.5, 0.6) is 5.75 Å². The third-order valence-corrected chi connectivity index (χ3v) is 10.9. The van der Waals surface area contributed by atoms with Crippen LogP contribution in [0.2, 0.25) is 10.0 Å². The third-order valence-electron chi connectivity index (χ3n) is 8.60. The number of anilines is 1. The van der Waals surface area contributed by atoms with Crippen LogP contribution in [0.4, 0.5) is 5.69 Å². The summed E-state index contributed by atoms with van der Waals surface area (Å²) in [5.41, 5.74) is 1.81. The Morgan fingerprint density at radius 3 is 2.08 bits per heavy atom. The summed E-state index contributed by atoms with van der Waals surface area (Å²) >= 11 is 12.3. The van der Waals surface area contributed by atoms with Crippen molar-refractivity contribution in [1.82, 2.24) is 10.2 Å². The van der Waals surface area contributed by atoms with Gasteiger partial charge in [-0.25, -0.2) is 8.42 Å². The second kappa shape index (κ2) is 17.1. The number of carbonyl (C=O) groups excluding carboxylic acids is 2. The fourth-order valence-corrected chi connectivity index (χ4v) is 7.75. The molecule has 0 aromatic heterocycles. The van der Waals surface area contributed by atoms with E-state index in [1.807, 2.05) is 30.3 Å². The Morgan fingerprint density at radius 1 is 0.816 bits per heavy atom. The van der Waals surface area contributed by atoms with Gasteiger partial charge in [0, 0.05) is 29.1 Å². The lowest BCUT2D eigenvalue weighted by molar-refractivity contribution is -0.140. The predicted octanol–water partition coefficient (Wildman–Crippen LogP) is 7.68. The smallest absolute Gasteiger partial charge is 0.264 e. The molecule has 4 aromatic rings. The molecule has 258 valence electrons. The lowest BCUT2D eigenvalue weighted by atomic mass is 9.94. The zero-order chi connectivity index (χ0) is 34.8. The molecule has 49 heavy (non-hydrogen) atoms. The van der Waals surface area contributed by atoms with Gasteiger partial charge in [0.2, 0.25) is 11.8 Å². The van der Waals surface area contributed by atoms with Gasteiger partial charge in [-0.3, -0.25) is 13.9 Å². The first kappa shape index (κ1) is 36.2. The van der Waals surface area contributed by atoms with Gasteiger partial charge in [0.15, 0.2) is 0 Å². The van der Waals surface area contributed by atoms with Gasteiger partial charge in [-0.05, 0) is 79.4 Å². The quantitative estimate of drug-likeness (QED) is 0.144. The van der Waals surface area contributed by atoms with Crippen LogP contribution in [0, 0.1) is 0 Å². The van der Waals surface area contributed by atoms with Gasteiger partial charge >= 0.3 is 0 Å². The molecule has 5 rings (SSSR count). The molecule has 1 fully saturated rings. The number of ether oxygens (including phenoxy) is 1. The first-order chi connectivity index (χ1) is 23.7. The molecular weight excluding hydrogens is 681 g/mol. The van der Waals surface area contributed by atoms with E-state index in [0.29, 0.717) is 15.8 Å². The van der Waals surface area contributed by atoms with Crippen LogP contribution >= 0.6 is 23.2 Å². The molecule has 8 nitrogen and oxygen atoms in total. The molecule has 1 N–H and O–H groups in total. The largest absolute Gasteiger partial charge is 0.492 e. The van der Waals surface area contributed by atoms with E-state index in [9.17, 15) is 18.0 Å². The van der Waals surface area contributed by atoms with Crippen molar-refractivity contribution in [3.8, 4) is 5.75 Å². The summed E-state index contributed by atoms with van der Waals surface area (Å²) < 4.78 is 35.6. The van der Waals surface area contributed by atoms with E-state index in [-0.39, 0.29) is 42.1 Å². The maximum Gasteiger partial charge on any atom is 0.264 e. The molecule has 0 aliphatic heterocycles. The Hall–Kier alpha value is -4.05. The molecule has 0 unspecified atom stereocenters. The molecule has 1 aliphatic rings. The average molecular weight is 723 g/mol. The molecule has 0 spiro atoms. The van der Waals surface area contributed by atoms with E-state index in [2.05, 4.69) is 5.32 Å². The second-order valence-corrected chi connectivity index (χ2v) is 14.8. The monoisotopic (exact) mass is 721 g/mol. The van der Waals surface area contributed by atoms with E-state index in [1.165, 1.54) is 29.2 Å². The molecule has 11 heteroatoms. The van der Waals surface area contributed by atoms with Crippen molar-refractivity contribution >= 4 is 50.7 Å². The van der Waals surface area contributed by atoms with E-state index in [1.54, 1.807) is 55.5 Å². The molecule has 4 aromatic carbocycles. The fraction of sp³-hybridized carbons (Fsp3) is 0.316. The summed E-state index contributed by atoms with van der Waals surface area (Å²) in [5, 5.41) is 4.13. The third kappa shape index (κ3) is 9.56. The van der Waals surface area contributed by atoms with Crippen molar-refractivity contribution in [2.75, 3.05) is 17.5 Å². The topological polar surface area (TPSA) is 96.0 Å².